The summed E-state index contributed by atoms with van der Waals surface area (Å²) < 4.78 is 42.1. The highest BCUT2D eigenvalue weighted by molar-refractivity contribution is 5.68. The Hall–Kier alpha value is -4.86. The molecule has 3 aromatic rings. The number of fused-ring (bicyclic) bond motifs is 3. The van der Waals surface area contributed by atoms with E-state index in [1.165, 1.54) is 616 Å². The molecule has 0 atom stereocenters. The molecule has 4 rings (SSSR count). The van der Waals surface area contributed by atoms with E-state index in [-0.39, 0.29) is 0 Å². The van der Waals surface area contributed by atoms with Crippen molar-refractivity contribution in [2.24, 2.45) is 0 Å². The zero-order valence-corrected chi connectivity index (χ0v) is 102. The van der Waals surface area contributed by atoms with E-state index in [9.17, 15) is 0 Å². The Morgan fingerprint density at radius 1 is 0.100 bits per heavy atom. The van der Waals surface area contributed by atoms with E-state index in [1.54, 1.807) is 0 Å². The molecule has 0 saturated heterocycles. The van der Waals surface area contributed by atoms with E-state index in [2.05, 4.69) is 113 Å². The lowest BCUT2D eigenvalue weighted by atomic mass is 10.0. The number of hydrogen-bond acceptors (Lipinski definition) is 6. The molecule has 3 aromatic carbocycles. The first-order chi connectivity index (χ1) is 74.5. The SMILES string of the molecule is CCCCCCCCCCCCCCCCCCCCOc1cc2c(cc1OCCCCCCCCCCCCCCCCCCCC)C#Cc1cc(OCCCCCCCCCCCCCCCCCCCC)c(OCCCCCCCCCCCCCCCCCCCC)cc1C#Cc1cc(OCCCCCCCCCCCCCCCCCCCC)c(OCCCCCCCCCCCCCCCCCCCC)cc1C#C2. The zero-order valence-electron chi connectivity index (χ0n) is 102. The first-order valence-corrected chi connectivity index (χ1v) is 68.4. The van der Waals surface area contributed by atoms with E-state index in [4.69, 9.17) is 28.4 Å². The third kappa shape index (κ3) is 85.3. The molecule has 1 aliphatic rings. The quantitative estimate of drug-likeness (QED) is 0.0324. The second-order valence-electron chi connectivity index (χ2n) is 47.4. The van der Waals surface area contributed by atoms with Gasteiger partial charge in [0.1, 0.15) is 0 Å². The minimum atomic E-state index is 0.632. The Balaban J connectivity index is 1.70. The molecule has 0 unspecified atom stereocenters. The smallest absolute Gasteiger partial charge is 0.162 e. The highest BCUT2D eigenvalue weighted by Gasteiger charge is 2.19. The van der Waals surface area contributed by atoms with Crippen LogP contribution in [-0.4, -0.2) is 39.6 Å². The molecule has 1 aliphatic carbocycles. The Bertz CT molecular complexity index is 2960. The zero-order chi connectivity index (χ0) is 106. The molecule has 0 amide bonds. The molecule has 0 aromatic heterocycles. The van der Waals surface area contributed by atoms with Crippen LogP contribution in [0.3, 0.4) is 0 Å². The maximum atomic E-state index is 7.01. The summed E-state index contributed by atoms with van der Waals surface area (Å²) in [6.45, 7) is 17.7. The topological polar surface area (TPSA) is 55.4 Å². The van der Waals surface area contributed by atoms with E-state index < -0.39 is 0 Å². The summed E-state index contributed by atoms with van der Waals surface area (Å²) in [5.41, 5.74) is 4.93. The maximum absolute atomic E-state index is 7.01. The molecule has 0 fully saturated rings. The molecule has 0 aliphatic heterocycles. The first-order valence-electron chi connectivity index (χ1n) is 68.4. The van der Waals surface area contributed by atoms with Crippen molar-refractivity contribution in [2.45, 2.75) is 735 Å². The van der Waals surface area contributed by atoms with Gasteiger partial charge in [-0.2, -0.15) is 0 Å². The van der Waals surface area contributed by atoms with E-state index in [0.717, 1.165) is 145 Å². The molecule has 864 valence electrons. The van der Waals surface area contributed by atoms with Gasteiger partial charge in [-0.3, -0.25) is 0 Å². The third-order valence-electron chi connectivity index (χ3n) is 32.8. The summed E-state index contributed by atoms with van der Waals surface area (Å²) in [5.74, 6) is 27.2. The molecule has 0 saturated carbocycles. The average molecular weight is 2080 g/mol. The summed E-state index contributed by atoms with van der Waals surface area (Å²) in [4.78, 5) is 0. The van der Waals surface area contributed by atoms with Crippen LogP contribution in [0.4, 0.5) is 0 Å². The standard InChI is InChI=1S/C144H252O6/c1-7-13-19-25-31-37-43-49-55-61-67-73-79-85-91-97-103-109-121-145-139-127-133-115-116-135-129-141(147-123-111-105-99-93-87-81-75-69-63-57-51-45-39-33-27-21-15-9-3)143(149-125-113-107-101-95-89-83-77-71-65-59-53-47-41-35-29-23-17-11-5)131-137(135)119-120-138-132-144(150-126-114-108-102-96-90-84-78-72-66-60-54-48-42-36-30-24-18-12-6)142(148-124-112-106-100-94-88-82-76-70-64-58-52-46-40-34-28-22-16-10-4)130-136(138)118-117-134(133)128-140(139)146-122-110-104-98-92-86-80-74-68-62-56-50-44-38-32-26-20-14-8-2/h127-132H,7-114,121-126H2,1-6H3. The molecule has 0 heterocycles. The lowest BCUT2D eigenvalue weighted by molar-refractivity contribution is 0.258. The van der Waals surface area contributed by atoms with Crippen LogP contribution in [0.1, 0.15) is 768 Å². The molecule has 0 spiro atoms. The second-order valence-corrected chi connectivity index (χ2v) is 47.4. The highest BCUT2D eigenvalue weighted by Crippen LogP contribution is 2.38. The fourth-order valence-corrected chi connectivity index (χ4v) is 22.5. The van der Waals surface area contributed by atoms with Gasteiger partial charge in [0, 0.05) is 69.8 Å². The summed E-state index contributed by atoms with van der Waals surface area (Å²) in [6.07, 6.45) is 146. The minimum Gasteiger partial charge on any atom is -0.490 e. The molecule has 0 N–H and O–H groups in total. The largest absolute Gasteiger partial charge is 0.490 e. The van der Waals surface area contributed by atoms with Crippen LogP contribution in [0.2, 0.25) is 0 Å². The van der Waals surface area contributed by atoms with Gasteiger partial charge in [-0.05, 0) is 38.5 Å². The van der Waals surface area contributed by atoms with Crippen LogP contribution < -0.4 is 28.4 Å². The highest BCUT2D eigenvalue weighted by atomic mass is 16.5. The van der Waals surface area contributed by atoms with Crippen molar-refractivity contribution in [2.75, 3.05) is 39.6 Å². The maximum Gasteiger partial charge on any atom is 0.162 e. The Morgan fingerprint density at radius 3 is 0.240 bits per heavy atom. The molecule has 6 nitrogen and oxygen atoms in total. The Kier molecular flexibility index (Phi) is 102. The monoisotopic (exact) mass is 2080 g/mol. The van der Waals surface area contributed by atoms with Crippen LogP contribution in [0.25, 0.3) is 0 Å². The molecular weight excluding hydrogens is 1830 g/mol. The van der Waals surface area contributed by atoms with Gasteiger partial charge in [0.15, 0.2) is 34.5 Å². The van der Waals surface area contributed by atoms with Gasteiger partial charge in [0.05, 0.1) is 39.6 Å². The molecule has 0 radical (unpaired) electrons. The van der Waals surface area contributed by atoms with Gasteiger partial charge in [-0.15, -0.1) is 0 Å². The van der Waals surface area contributed by atoms with Gasteiger partial charge < -0.3 is 28.4 Å². The Labute approximate surface area is 936 Å². The summed E-state index contributed by atoms with van der Waals surface area (Å²) in [6, 6.07) is 13.0. The number of unbranched alkanes of at least 4 members (excludes halogenated alkanes) is 102. The molecule has 150 heavy (non-hydrogen) atoms. The lowest BCUT2D eigenvalue weighted by Gasteiger charge is -2.16. The van der Waals surface area contributed by atoms with Crippen molar-refractivity contribution in [1.29, 1.82) is 0 Å². The number of rotatable bonds is 120. The fourth-order valence-electron chi connectivity index (χ4n) is 22.5. The van der Waals surface area contributed by atoms with E-state index >= 15 is 0 Å². The second kappa shape index (κ2) is 111. The van der Waals surface area contributed by atoms with Crippen LogP contribution in [0.15, 0.2) is 36.4 Å². The van der Waals surface area contributed by atoms with Crippen molar-refractivity contribution in [3.05, 3.63) is 69.8 Å². The predicted molar refractivity (Wildman–Crippen MR) is 663 cm³/mol. The van der Waals surface area contributed by atoms with Crippen LogP contribution in [-0.2, 0) is 0 Å². The number of ether oxygens (including phenoxy) is 6. The van der Waals surface area contributed by atoms with Gasteiger partial charge in [0.25, 0.3) is 0 Å². The van der Waals surface area contributed by atoms with Gasteiger partial charge in [-0.25, -0.2) is 0 Å². The molecule has 6 heteroatoms. The lowest BCUT2D eigenvalue weighted by Crippen LogP contribution is -2.05. The van der Waals surface area contributed by atoms with Crippen LogP contribution in [0.5, 0.6) is 34.5 Å². The summed E-state index contributed by atoms with van der Waals surface area (Å²) >= 11 is 0. The van der Waals surface area contributed by atoms with Crippen molar-refractivity contribution in [3.63, 3.8) is 0 Å². The van der Waals surface area contributed by atoms with E-state index in [1.807, 2.05) is 0 Å². The number of hydrogen-bond donors (Lipinski definition) is 0. The molecular formula is C144H252O6. The third-order valence-corrected chi connectivity index (χ3v) is 32.8. The van der Waals surface area contributed by atoms with Crippen molar-refractivity contribution in [3.8, 4) is 70.0 Å². The van der Waals surface area contributed by atoms with Crippen LogP contribution in [0, 0.1) is 35.5 Å². The number of benzene rings is 3. The minimum absolute atomic E-state index is 0.632. The Morgan fingerprint density at radius 2 is 0.167 bits per heavy atom. The summed E-state index contributed by atoms with van der Waals surface area (Å²) in [5, 5.41) is 0. The normalized spacial score (nSPS) is 11.6. The van der Waals surface area contributed by atoms with Gasteiger partial charge >= 0.3 is 0 Å². The predicted octanol–water partition coefficient (Wildman–Crippen LogP) is 48.7. The van der Waals surface area contributed by atoms with Gasteiger partial charge in [0.2, 0.25) is 0 Å². The van der Waals surface area contributed by atoms with Crippen molar-refractivity contribution in [1.82, 2.24) is 0 Å². The fraction of sp³-hybridized carbons (Fsp3) is 0.833. The van der Waals surface area contributed by atoms with Crippen molar-refractivity contribution >= 4 is 0 Å². The van der Waals surface area contributed by atoms with Crippen molar-refractivity contribution < 1.29 is 28.4 Å². The van der Waals surface area contributed by atoms with Crippen LogP contribution >= 0.6 is 0 Å². The molecule has 0 bridgehead atoms. The average Bonchev–Trinajstić information content (AvgIpc) is 0.795. The first kappa shape index (κ1) is 137. The summed E-state index contributed by atoms with van der Waals surface area (Å²) in [7, 11) is 0. The van der Waals surface area contributed by atoms with E-state index in [0.29, 0.717) is 39.6 Å². The van der Waals surface area contributed by atoms with Gasteiger partial charge in [-0.1, -0.05) is 732 Å².